The van der Waals surface area contributed by atoms with Gasteiger partial charge in [0.2, 0.25) is 5.91 Å². The summed E-state index contributed by atoms with van der Waals surface area (Å²) in [5.74, 6) is -1.23. The normalized spacial score (nSPS) is 11.0. The lowest BCUT2D eigenvalue weighted by atomic mass is 10.3. The number of nitrogens with zero attached hydrogens (tertiary/aromatic N) is 2. The predicted octanol–water partition coefficient (Wildman–Crippen LogP) is 1.78. The average molecular weight is 313 g/mol. The molecule has 0 spiro atoms. The Morgan fingerprint density at radius 2 is 2.00 bits per heavy atom. The van der Waals surface area contributed by atoms with Crippen molar-refractivity contribution in [1.29, 1.82) is 0 Å². The Kier molecular flexibility index (Phi) is 4.44. The fourth-order valence-corrected chi connectivity index (χ4v) is 1.63. The van der Waals surface area contributed by atoms with E-state index in [1.165, 1.54) is 24.4 Å². The molecule has 0 fully saturated rings. The number of nitrogens with one attached hydrogen (secondary N) is 1. The van der Waals surface area contributed by atoms with Crippen LogP contribution in [-0.2, 0) is 11.3 Å². The Morgan fingerprint density at radius 3 is 2.68 bits per heavy atom. The maximum absolute atomic E-state index is 12.3. The molecule has 1 aromatic carbocycles. The third-order valence-electron chi connectivity index (χ3n) is 2.49. The molecule has 2 aromatic rings. The Morgan fingerprint density at radius 1 is 1.27 bits per heavy atom. The summed E-state index contributed by atoms with van der Waals surface area (Å²) in [5.41, 5.74) is -0.605. The van der Waals surface area contributed by atoms with Crippen molar-refractivity contribution in [3.63, 3.8) is 0 Å². The molecule has 2 rings (SSSR count). The fraction of sp³-hybridized carbons (Fsp3) is 0.154. The third-order valence-corrected chi connectivity index (χ3v) is 2.49. The van der Waals surface area contributed by atoms with Gasteiger partial charge in [-0.3, -0.25) is 14.2 Å². The van der Waals surface area contributed by atoms with Gasteiger partial charge in [-0.05, 0) is 12.1 Å². The minimum absolute atomic E-state index is 0.151. The van der Waals surface area contributed by atoms with Gasteiger partial charge < -0.3 is 10.1 Å². The van der Waals surface area contributed by atoms with Crippen LogP contribution in [0.25, 0.3) is 0 Å². The smallest absolute Gasteiger partial charge is 0.404 e. The number of carbonyl (C=O) groups excluding carboxylic acids is 1. The number of rotatable bonds is 4. The summed E-state index contributed by atoms with van der Waals surface area (Å²) in [5, 5.41) is 2.26. The first-order valence-electron chi connectivity index (χ1n) is 6.00. The van der Waals surface area contributed by atoms with E-state index in [1.54, 1.807) is 0 Å². The maximum Gasteiger partial charge on any atom is 0.573 e. The van der Waals surface area contributed by atoms with Crippen molar-refractivity contribution in [3.05, 3.63) is 53.2 Å². The molecule has 9 heteroatoms. The molecular formula is C13H10F3N3O3. The number of hydrogen-bond donors (Lipinski definition) is 1. The first-order valence-corrected chi connectivity index (χ1v) is 6.00. The van der Waals surface area contributed by atoms with E-state index in [9.17, 15) is 22.8 Å². The van der Waals surface area contributed by atoms with Crippen LogP contribution in [-0.4, -0.2) is 21.8 Å². The molecule has 22 heavy (non-hydrogen) atoms. The first kappa shape index (κ1) is 15.5. The zero-order valence-electron chi connectivity index (χ0n) is 11.0. The van der Waals surface area contributed by atoms with E-state index in [0.717, 1.165) is 23.0 Å². The molecule has 0 aliphatic heterocycles. The number of halogens is 3. The van der Waals surface area contributed by atoms with E-state index in [0.29, 0.717) is 0 Å². The summed E-state index contributed by atoms with van der Waals surface area (Å²) >= 11 is 0. The van der Waals surface area contributed by atoms with Crippen molar-refractivity contribution in [1.82, 2.24) is 9.55 Å². The molecule has 1 N–H and O–H groups in total. The monoisotopic (exact) mass is 313 g/mol. The number of anilines is 1. The zero-order chi connectivity index (χ0) is 16.2. The van der Waals surface area contributed by atoms with E-state index in [1.807, 2.05) is 0 Å². The molecule has 1 aromatic heterocycles. The van der Waals surface area contributed by atoms with Gasteiger partial charge in [-0.2, -0.15) is 0 Å². The number of alkyl halides is 3. The Labute approximate surface area is 122 Å². The van der Waals surface area contributed by atoms with Crippen LogP contribution < -0.4 is 15.6 Å². The second-order valence-electron chi connectivity index (χ2n) is 4.14. The van der Waals surface area contributed by atoms with Crippen molar-refractivity contribution < 1.29 is 22.7 Å². The van der Waals surface area contributed by atoms with E-state index in [4.69, 9.17) is 0 Å². The van der Waals surface area contributed by atoms with Crippen LogP contribution in [0, 0.1) is 0 Å². The average Bonchev–Trinajstić information content (AvgIpc) is 2.42. The maximum atomic E-state index is 12.3. The summed E-state index contributed by atoms with van der Waals surface area (Å²) in [4.78, 5) is 26.9. The topological polar surface area (TPSA) is 73.2 Å². The van der Waals surface area contributed by atoms with Crippen LogP contribution in [0.4, 0.5) is 18.9 Å². The van der Waals surface area contributed by atoms with Crippen LogP contribution in [0.15, 0.2) is 47.7 Å². The van der Waals surface area contributed by atoms with Crippen LogP contribution in [0.5, 0.6) is 5.75 Å². The van der Waals surface area contributed by atoms with E-state index >= 15 is 0 Å². The van der Waals surface area contributed by atoms with Crippen LogP contribution in [0.1, 0.15) is 0 Å². The number of hydrogen-bond acceptors (Lipinski definition) is 4. The number of aromatic nitrogens is 2. The molecular weight excluding hydrogens is 303 g/mol. The summed E-state index contributed by atoms with van der Waals surface area (Å²) in [6.45, 7) is -0.382. The van der Waals surface area contributed by atoms with Gasteiger partial charge in [0.25, 0.3) is 5.56 Å². The van der Waals surface area contributed by atoms with Gasteiger partial charge in [0, 0.05) is 12.3 Å². The van der Waals surface area contributed by atoms with Crippen molar-refractivity contribution in [2.45, 2.75) is 12.9 Å². The quantitative estimate of drug-likeness (QED) is 0.934. The number of amides is 1. The molecule has 0 atom stereocenters. The first-order chi connectivity index (χ1) is 10.3. The van der Waals surface area contributed by atoms with Gasteiger partial charge in [-0.25, -0.2) is 4.98 Å². The molecule has 0 saturated carbocycles. The summed E-state index contributed by atoms with van der Waals surface area (Å²) in [6.07, 6.45) is -2.45. The lowest BCUT2D eigenvalue weighted by Gasteiger charge is -2.14. The van der Waals surface area contributed by atoms with Gasteiger partial charge in [-0.15, -0.1) is 13.2 Å². The van der Waals surface area contributed by atoms with E-state index in [-0.39, 0.29) is 12.2 Å². The Hall–Kier alpha value is -2.84. The SMILES string of the molecule is O=C(Cn1cnccc1=O)Nc1ccccc1OC(F)(F)F. The number of carbonyl (C=O) groups is 1. The van der Waals surface area contributed by atoms with E-state index in [2.05, 4.69) is 15.0 Å². The van der Waals surface area contributed by atoms with Crippen molar-refractivity contribution in [2.75, 3.05) is 5.32 Å². The van der Waals surface area contributed by atoms with Gasteiger partial charge in [0.1, 0.15) is 6.54 Å². The minimum Gasteiger partial charge on any atom is -0.404 e. The van der Waals surface area contributed by atoms with Gasteiger partial charge in [-0.1, -0.05) is 12.1 Å². The van der Waals surface area contributed by atoms with Gasteiger partial charge in [0.05, 0.1) is 12.0 Å². The molecule has 1 heterocycles. The lowest BCUT2D eigenvalue weighted by molar-refractivity contribution is -0.274. The second kappa shape index (κ2) is 6.29. The van der Waals surface area contributed by atoms with Crippen LogP contribution in [0.3, 0.4) is 0 Å². The molecule has 0 bridgehead atoms. The number of benzene rings is 1. The number of para-hydroxylation sites is 2. The highest BCUT2D eigenvalue weighted by molar-refractivity contribution is 5.92. The van der Waals surface area contributed by atoms with Crippen molar-refractivity contribution in [2.24, 2.45) is 0 Å². The van der Waals surface area contributed by atoms with Gasteiger partial charge >= 0.3 is 6.36 Å². The molecule has 0 radical (unpaired) electrons. The lowest BCUT2D eigenvalue weighted by Crippen LogP contribution is -2.27. The van der Waals surface area contributed by atoms with Crippen LogP contribution >= 0.6 is 0 Å². The summed E-state index contributed by atoms with van der Waals surface area (Å²) in [6, 6.07) is 6.26. The molecule has 6 nitrogen and oxygen atoms in total. The van der Waals surface area contributed by atoms with Crippen molar-refractivity contribution in [3.8, 4) is 5.75 Å². The highest BCUT2D eigenvalue weighted by Crippen LogP contribution is 2.29. The summed E-state index contributed by atoms with van der Waals surface area (Å²) < 4.78 is 41.6. The summed E-state index contributed by atoms with van der Waals surface area (Å²) in [7, 11) is 0. The molecule has 116 valence electrons. The third kappa shape index (κ3) is 4.33. The predicted molar refractivity (Wildman–Crippen MR) is 70.3 cm³/mol. The standard InChI is InChI=1S/C13H10F3N3O3/c14-13(15,16)22-10-4-2-1-3-9(10)18-11(20)7-19-8-17-6-5-12(19)21/h1-6,8H,7H2,(H,18,20). The largest absolute Gasteiger partial charge is 0.573 e. The highest BCUT2D eigenvalue weighted by atomic mass is 19.4. The Bertz CT molecular complexity index is 728. The highest BCUT2D eigenvalue weighted by Gasteiger charge is 2.32. The zero-order valence-corrected chi connectivity index (χ0v) is 11.0. The van der Waals surface area contributed by atoms with Gasteiger partial charge in [0.15, 0.2) is 5.75 Å². The van der Waals surface area contributed by atoms with Crippen molar-refractivity contribution >= 4 is 11.6 Å². The molecule has 0 aliphatic rings. The second-order valence-corrected chi connectivity index (χ2v) is 4.14. The molecule has 0 aliphatic carbocycles. The minimum atomic E-state index is -4.87. The molecule has 0 unspecified atom stereocenters. The molecule has 1 amide bonds. The number of ether oxygens (including phenoxy) is 1. The fourth-order valence-electron chi connectivity index (χ4n) is 1.63. The Balaban J connectivity index is 2.12. The van der Waals surface area contributed by atoms with Crippen LogP contribution in [0.2, 0.25) is 0 Å². The van der Waals surface area contributed by atoms with E-state index < -0.39 is 23.6 Å². The molecule has 0 saturated heterocycles.